The number of benzene rings is 1. The summed E-state index contributed by atoms with van der Waals surface area (Å²) in [6.07, 6.45) is 3.21. The summed E-state index contributed by atoms with van der Waals surface area (Å²) in [4.78, 5) is 23.6. The largest absolute Gasteiger partial charge is 0.452 e. The van der Waals surface area contributed by atoms with Gasteiger partial charge in [0.25, 0.3) is 5.91 Å². The summed E-state index contributed by atoms with van der Waals surface area (Å²) in [5.74, 6) is -0.837. The zero-order chi connectivity index (χ0) is 16.1. The van der Waals surface area contributed by atoms with E-state index in [1.807, 2.05) is 0 Å². The maximum Gasteiger partial charge on any atom is 0.341 e. The van der Waals surface area contributed by atoms with Crippen LogP contribution in [0.25, 0.3) is 0 Å². The smallest absolute Gasteiger partial charge is 0.341 e. The van der Waals surface area contributed by atoms with Gasteiger partial charge in [0.2, 0.25) is 0 Å². The molecule has 4 nitrogen and oxygen atoms in total. The van der Waals surface area contributed by atoms with E-state index < -0.39 is 11.8 Å². The van der Waals surface area contributed by atoms with Gasteiger partial charge in [-0.1, -0.05) is 38.8 Å². The maximum absolute atomic E-state index is 13.4. The van der Waals surface area contributed by atoms with Gasteiger partial charge in [-0.15, -0.1) is 0 Å². The number of carbonyl (C=O) groups excluding carboxylic acids is 2. The van der Waals surface area contributed by atoms with Gasteiger partial charge in [0.15, 0.2) is 6.61 Å². The lowest BCUT2D eigenvalue weighted by Gasteiger charge is -2.34. The Balaban J connectivity index is 1.83. The van der Waals surface area contributed by atoms with Crippen LogP contribution in [0.2, 0.25) is 0 Å². The molecule has 0 spiro atoms. The Kier molecular flexibility index (Phi) is 5.52. The lowest BCUT2D eigenvalue weighted by Crippen LogP contribution is -2.45. The van der Waals surface area contributed by atoms with E-state index in [2.05, 4.69) is 19.2 Å². The van der Waals surface area contributed by atoms with Gasteiger partial charge in [-0.05, 0) is 30.4 Å². The summed E-state index contributed by atoms with van der Waals surface area (Å²) < 4.78 is 18.3. The first kappa shape index (κ1) is 16.5. The Bertz CT molecular complexity index is 546. The van der Waals surface area contributed by atoms with Crippen LogP contribution in [0.15, 0.2) is 24.3 Å². The Morgan fingerprint density at radius 3 is 2.73 bits per heavy atom. The average Bonchev–Trinajstić information content (AvgIpc) is 2.50. The fourth-order valence-electron chi connectivity index (χ4n) is 2.87. The van der Waals surface area contributed by atoms with Crippen molar-refractivity contribution in [1.29, 1.82) is 0 Å². The van der Waals surface area contributed by atoms with E-state index in [0.29, 0.717) is 11.8 Å². The zero-order valence-electron chi connectivity index (χ0n) is 13.0. The molecule has 1 fully saturated rings. The Morgan fingerprint density at radius 1 is 1.27 bits per heavy atom. The summed E-state index contributed by atoms with van der Waals surface area (Å²) in [5.41, 5.74) is -0.157. The highest BCUT2D eigenvalue weighted by molar-refractivity contribution is 5.91. The minimum atomic E-state index is -0.821. The second-order valence-corrected chi connectivity index (χ2v) is 6.00. The first-order valence-electron chi connectivity index (χ1n) is 7.70. The van der Waals surface area contributed by atoms with Gasteiger partial charge >= 0.3 is 5.97 Å². The van der Waals surface area contributed by atoms with Gasteiger partial charge in [0.1, 0.15) is 5.82 Å². The average molecular weight is 307 g/mol. The van der Waals surface area contributed by atoms with E-state index in [0.717, 1.165) is 12.8 Å². The Morgan fingerprint density at radius 2 is 2.00 bits per heavy atom. The molecule has 1 aliphatic rings. The predicted molar refractivity (Wildman–Crippen MR) is 80.8 cm³/mol. The molecule has 1 aromatic rings. The van der Waals surface area contributed by atoms with Crippen LogP contribution in [-0.4, -0.2) is 24.5 Å². The van der Waals surface area contributed by atoms with Crippen molar-refractivity contribution in [2.24, 2.45) is 11.8 Å². The van der Waals surface area contributed by atoms with Crippen molar-refractivity contribution in [1.82, 2.24) is 5.32 Å². The molecule has 1 aromatic carbocycles. The molecule has 2 rings (SSSR count). The first-order chi connectivity index (χ1) is 10.5. The zero-order valence-corrected chi connectivity index (χ0v) is 13.0. The number of amides is 1. The van der Waals surface area contributed by atoms with Crippen molar-refractivity contribution < 1.29 is 18.7 Å². The third-order valence-corrected chi connectivity index (χ3v) is 4.48. The molecule has 1 aliphatic carbocycles. The van der Waals surface area contributed by atoms with Gasteiger partial charge in [0.05, 0.1) is 5.56 Å². The summed E-state index contributed by atoms with van der Waals surface area (Å²) >= 11 is 0. The van der Waals surface area contributed by atoms with Gasteiger partial charge < -0.3 is 10.1 Å². The number of carbonyl (C=O) groups is 2. The highest BCUT2D eigenvalue weighted by Crippen LogP contribution is 2.29. The quantitative estimate of drug-likeness (QED) is 0.870. The minimum Gasteiger partial charge on any atom is -0.452 e. The minimum absolute atomic E-state index is 0.114. The van der Waals surface area contributed by atoms with Crippen LogP contribution < -0.4 is 5.32 Å². The molecule has 22 heavy (non-hydrogen) atoms. The molecule has 0 radical (unpaired) electrons. The molecule has 0 heterocycles. The topological polar surface area (TPSA) is 55.4 Å². The summed E-state index contributed by atoms with van der Waals surface area (Å²) in [6, 6.07) is 5.67. The van der Waals surface area contributed by atoms with Crippen molar-refractivity contribution in [2.75, 3.05) is 6.61 Å². The summed E-state index contributed by atoms with van der Waals surface area (Å²) in [7, 11) is 0. The molecule has 0 aromatic heterocycles. The summed E-state index contributed by atoms with van der Waals surface area (Å²) in [6.45, 7) is 3.92. The van der Waals surface area contributed by atoms with Gasteiger partial charge in [-0.2, -0.15) is 0 Å². The van der Waals surface area contributed by atoms with Crippen LogP contribution >= 0.6 is 0 Å². The monoisotopic (exact) mass is 307 g/mol. The third kappa shape index (κ3) is 4.06. The number of esters is 1. The molecular formula is C17H22FNO3. The van der Waals surface area contributed by atoms with Crippen molar-refractivity contribution in [3.05, 3.63) is 35.6 Å². The number of nitrogens with one attached hydrogen (secondary N) is 1. The van der Waals surface area contributed by atoms with Crippen LogP contribution in [0.4, 0.5) is 4.39 Å². The molecule has 0 bridgehead atoms. The molecule has 5 heteroatoms. The molecule has 1 amide bonds. The van der Waals surface area contributed by atoms with E-state index in [9.17, 15) is 14.0 Å². The van der Waals surface area contributed by atoms with Gasteiger partial charge in [-0.25, -0.2) is 9.18 Å². The number of hydrogen-bond acceptors (Lipinski definition) is 3. The highest BCUT2D eigenvalue weighted by Gasteiger charge is 2.28. The molecule has 1 N–H and O–H groups in total. The third-order valence-electron chi connectivity index (χ3n) is 4.48. The van der Waals surface area contributed by atoms with Crippen LogP contribution in [0.3, 0.4) is 0 Å². The molecule has 1 saturated carbocycles. The highest BCUT2D eigenvalue weighted by atomic mass is 19.1. The molecule has 0 unspecified atom stereocenters. The van der Waals surface area contributed by atoms with E-state index in [4.69, 9.17) is 4.74 Å². The van der Waals surface area contributed by atoms with E-state index >= 15 is 0 Å². The van der Waals surface area contributed by atoms with Crippen molar-refractivity contribution >= 4 is 11.9 Å². The van der Waals surface area contributed by atoms with E-state index in [-0.39, 0.29) is 24.1 Å². The molecule has 3 atom stereocenters. The lowest BCUT2D eigenvalue weighted by molar-refractivity contribution is -0.125. The number of ether oxygens (including phenoxy) is 1. The van der Waals surface area contributed by atoms with Crippen LogP contribution in [0.5, 0.6) is 0 Å². The first-order valence-corrected chi connectivity index (χ1v) is 7.70. The van der Waals surface area contributed by atoms with Gasteiger partial charge in [0, 0.05) is 6.04 Å². The van der Waals surface area contributed by atoms with E-state index in [1.165, 1.54) is 24.6 Å². The maximum atomic E-state index is 13.4. The van der Waals surface area contributed by atoms with Crippen molar-refractivity contribution in [2.45, 2.75) is 39.2 Å². The van der Waals surface area contributed by atoms with Crippen molar-refractivity contribution in [3.63, 3.8) is 0 Å². The van der Waals surface area contributed by atoms with Crippen LogP contribution in [0.1, 0.15) is 43.5 Å². The Hall–Kier alpha value is -1.91. The standard InChI is InChI=1S/C17H22FNO3/c1-11-6-5-9-15(12(11)2)19-16(20)10-22-17(21)13-7-3-4-8-14(13)18/h3-4,7-8,11-12,15H,5-6,9-10H2,1-2H3,(H,19,20)/t11-,12-,15+/m1/s1. The second-order valence-electron chi connectivity index (χ2n) is 6.00. The SMILES string of the molecule is C[C@@H]1[C@H](C)CCC[C@@H]1NC(=O)COC(=O)c1ccccc1F. The molecule has 0 saturated heterocycles. The van der Waals surface area contributed by atoms with Crippen molar-refractivity contribution in [3.8, 4) is 0 Å². The number of hydrogen-bond donors (Lipinski definition) is 1. The number of halogens is 1. The van der Waals surface area contributed by atoms with Crippen LogP contribution in [-0.2, 0) is 9.53 Å². The molecular weight excluding hydrogens is 285 g/mol. The number of rotatable bonds is 4. The predicted octanol–water partition coefficient (Wildman–Crippen LogP) is 2.92. The van der Waals surface area contributed by atoms with Crippen LogP contribution in [0, 0.1) is 17.7 Å². The normalized spacial score (nSPS) is 24.6. The fraction of sp³-hybridized carbons (Fsp3) is 0.529. The molecule has 0 aliphatic heterocycles. The fourth-order valence-corrected chi connectivity index (χ4v) is 2.87. The lowest BCUT2D eigenvalue weighted by atomic mass is 9.78. The molecule has 120 valence electrons. The summed E-state index contributed by atoms with van der Waals surface area (Å²) in [5, 5.41) is 2.91. The Labute approximate surface area is 130 Å². The van der Waals surface area contributed by atoms with Gasteiger partial charge in [-0.3, -0.25) is 4.79 Å². The second kappa shape index (κ2) is 7.38. The van der Waals surface area contributed by atoms with E-state index in [1.54, 1.807) is 6.07 Å².